The molecular formula is C21H23ClFN3O4S. The number of aryl methyl sites for hydroxylation is 1. The van der Waals surface area contributed by atoms with Crippen LogP contribution in [-0.2, 0) is 26.2 Å². The zero-order valence-electron chi connectivity index (χ0n) is 17.4. The van der Waals surface area contributed by atoms with Crippen LogP contribution in [-0.4, -0.2) is 49.4 Å². The highest BCUT2D eigenvalue weighted by molar-refractivity contribution is 7.88. The number of halogens is 2. The molecule has 0 spiro atoms. The monoisotopic (exact) mass is 467 g/mol. The fraction of sp³-hybridized carbons (Fsp3) is 0.333. The molecule has 1 unspecified atom stereocenters. The van der Waals surface area contributed by atoms with E-state index in [1.807, 2.05) is 0 Å². The van der Waals surface area contributed by atoms with Crippen LogP contribution in [0, 0.1) is 12.7 Å². The SMILES string of the molecule is Cc1cc(F)ccc1N1C(=O)CN(S(C)(=O)=O)CC1(C)C(=O)NCc1ccc(Cl)cc1. The van der Waals surface area contributed by atoms with E-state index in [4.69, 9.17) is 11.6 Å². The van der Waals surface area contributed by atoms with Gasteiger partial charge in [-0.2, -0.15) is 4.31 Å². The number of nitrogens with one attached hydrogen (secondary N) is 1. The maximum atomic E-state index is 13.6. The fourth-order valence-corrected chi connectivity index (χ4v) is 4.58. The van der Waals surface area contributed by atoms with Crippen molar-refractivity contribution in [3.8, 4) is 0 Å². The van der Waals surface area contributed by atoms with Crippen LogP contribution in [0.3, 0.4) is 0 Å². The molecule has 0 bridgehead atoms. The number of carbonyl (C=O) groups is 2. The summed E-state index contributed by atoms with van der Waals surface area (Å²) >= 11 is 5.89. The summed E-state index contributed by atoms with van der Waals surface area (Å²) in [5.74, 6) is -1.58. The highest BCUT2D eigenvalue weighted by Gasteiger charge is 2.50. The lowest BCUT2D eigenvalue weighted by atomic mass is 9.93. The van der Waals surface area contributed by atoms with Crippen molar-refractivity contribution in [1.82, 2.24) is 9.62 Å². The van der Waals surface area contributed by atoms with E-state index < -0.39 is 39.7 Å². The predicted octanol–water partition coefficient (Wildman–Crippen LogP) is 2.47. The van der Waals surface area contributed by atoms with Crippen LogP contribution >= 0.6 is 11.6 Å². The van der Waals surface area contributed by atoms with Gasteiger partial charge in [-0.05, 0) is 55.3 Å². The van der Waals surface area contributed by atoms with Gasteiger partial charge < -0.3 is 5.32 Å². The van der Waals surface area contributed by atoms with E-state index in [1.165, 1.54) is 30.0 Å². The number of benzene rings is 2. The largest absolute Gasteiger partial charge is 0.350 e. The zero-order chi connectivity index (χ0) is 23.0. The first-order chi connectivity index (χ1) is 14.4. The van der Waals surface area contributed by atoms with Crippen molar-refractivity contribution in [3.05, 3.63) is 64.4 Å². The van der Waals surface area contributed by atoms with Crippen LogP contribution in [0.5, 0.6) is 0 Å². The summed E-state index contributed by atoms with van der Waals surface area (Å²) in [5, 5.41) is 3.34. The lowest BCUT2D eigenvalue weighted by molar-refractivity contribution is -0.133. The van der Waals surface area contributed by atoms with E-state index in [2.05, 4.69) is 5.32 Å². The number of hydrogen-bond donors (Lipinski definition) is 1. The molecule has 31 heavy (non-hydrogen) atoms. The molecule has 1 heterocycles. The van der Waals surface area contributed by atoms with E-state index >= 15 is 0 Å². The predicted molar refractivity (Wildman–Crippen MR) is 117 cm³/mol. The van der Waals surface area contributed by atoms with E-state index in [1.54, 1.807) is 31.2 Å². The van der Waals surface area contributed by atoms with Crippen LogP contribution < -0.4 is 10.2 Å². The van der Waals surface area contributed by atoms with Gasteiger partial charge >= 0.3 is 0 Å². The van der Waals surface area contributed by atoms with Crippen molar-refractivity contribution in [3.63, 3.8) is 0 Å². The minimum Gasteiger partial charge on any atom is -0.350 e. The van der Waals surface area contributed by atoms with Crippen molar-refractivity contribution >= 4 is 39.1 Å². The molecule has 1 saturated heterocycles. The first-order valence-corrected chi connectivity index (χ1v) is 11.7. The lowest BCUT2D eigenvalue weighted by Crippen LogP contribution is -2.70. The molecule has 2 aromatic carbocycles. The second-order valence-electron chi connectivity index (χ2n) is 7.77. The summed E-state index contributed by atoms with van der Waals surface area (Å²) < 4.78 is 39.0. The molecule has 7 nitrogen and oxygen atoms in total. The van der Waals surface area contributed by atoms with Crippen molar-refractivity contribution in [2.45, 2.75) is 25.9 Å². The van der Waals surface area contributed by atoms with E-state index in [-0.39, 0.29) is 13.1 Å². The van der Waals surface area contributed by atoms with Gasteiger partial charge in [0.05, 0.1) is 12.8 Å². The van der Waals surface area contributed by atoms with Gasteiger partial charge in [-0.25, -0.2) is 12.8 Å². The molecule has 0 aromatic heterocycles. The van der Waals surface area contributed by atoms with Gasteiger partial charge in [-0.15, -0.1) is 0 Å². The third kappa shape index (κ3) is 4.89. The summed E-state index contributed by atoms with van der Waals surface area (Å²) in [6, 6.07) is 10.8. The molecule has 10 heteroatoms. The molecule has 0 saturated carbocycles. The molecule has 1 aliphatic rings. The second kappa shape index (κ2) is 8.57. The number of amides is 2. The Labute approximate surface area is 185 Å². The summed E-state index contributed by atoms with van der Waals surface area (Å²) in [7, 11) is -3.73. The van der Waals surface area contributed by atoms with Crippen molar-refractivity contribution in [1.29, 1.82) is 0 Å². The number of sulfonamides is 1. The molecule has 2 amide bonds. The smallest absolute Gasteiger partial charge is 0.247 e. The molecule has 2 aromatic rings. The number of hydrogen-bond acceptors (Lipinski definition) is 4. The van der Waals surface area contributed by atoms with Gasteiger partial charge in [0, 0.05) is 23.8 Å². The van der Waals surface area contributed by atoms with Crippen LogP contribution in [0.1, 0.15) is 18.1 Å². The van der Waals surface area contributed by atoms with Crippen LogP contribution in [0.4, 0.5) is 10.1 Å². The zero-order valence-corrected chi connectivity index (χ0v) is 18.9. The second-order valence-corrected chi connectivity index (χ2v) is 10.2. The first kappa shape index (κ1) is 23.2. The van der Waals surface area contributed by atoms with Gasteiger partial charge in [0.25, 0.3) is 0 Å². The Morgan fingerprint density at radius 1 is 1.23 bits per heavy atom. The Morgan fingerprint density at radius 2 is 1.87 bits per heavy atom. The number of rotatable bonds is 5. The van der Waals surface area contributed by atoms with E-state index in [0.717, 1.165) is 16.1 Å². The molecular weight excluding hydrogens is 445 g/mol. The molecule has 0 aliphatic carbocycles. The summed E-state index contributed by atoms with van der Waals surface area (Å²) in [5.41, 5.74) is 0.0440. The Kier molecular flexibility index (Phi) is 6.40. The van der Waals surface area contributed by atoms with Crippen molar-refractivity contribution in [2.75, 3.05) is 24.2 Å². The molecule has 3 rings (SSSR count). The van der Waals surface area contributed by atoms with E-state index in [0.29, 0.717) is 16.3 Å². The van der Waals surface area contributed by atoms with Crippen LogP contribution in [0.2, 0.25) is 5.02 Å². The summed E-state index contributed by atoms with van der Waals surface area (Å²) in [6.45, 7) is 2.65. The topological polar surface area (TPSA) is 86.8 Å². The van der Waals surface area contributed by atoms with Gasteiger partial charge in [0.2, 0.25) is 21.8 Å². The van der Waals surface area contributed by atoms with E-state index in [9.17, 15) is 22.4 Å². The maximum Gasteiger partial charge on any atom is 0.247 e. The number of piperazine rings is 1. The normalized spacial score (nSPS) is 20.0. The average Bonchev–Trinajstić information content (AvgIpc) is 2.67. The minimum atomic E-state index is -3.73. The van der Waals surface area contributed by atoms with Gasteiger partial charge in [0.15, 0.2) is 0 Å². The number of anilines is 1. The highest BCUT2D eigenvalue weighted by atomic mass is 35.5. The third-order valence-corrected chi connectivity index (χ3v) is 6.71. The third-order valence-electron chi connectivity index (χ3n) is 5.26. The van der Waals surface area contributed by atoms with Crippen LogP contribution in [0.25, 0.3) is 0 Å². The molecule has 1 aliphatic heterocycles. The van der Waals surface area contributed by atoms with Gasteiger partial charge in [0.1, 0.15) is 11.4 Å². The Hall–Kier alpha value is -2.49. The molecule has 166 valence electrons. The Bertz CT molecular complexity index is 1120. The van der Waals surface area contributed by atoms with Gasteiger partial charge in [-0.3, -0.25) is 14.5 Å². The number of carbonyl (C=O) groups excluding carboxylic acids is 2. The quantitative estimate of drug-likeness (QED) is 0.731. The molecule has 1 atom stereocenters. The fourth-order valence-electron chi connectivity index (χ4n) is 3.62. The summed E-state index contributed by atoms with van der Waals surface area (Å²) in [4.78, 5) is 27.6. The standard InChI is InChI=1S/C21H23ClFN3O4S/c1-14-10-17(23)8-9-18(14)26-19(27)12-25(31(3,29)30)13-21(26,2)20(28)24-11-15-4-6-16(22)7-5-15/h4-10H,11-13H2,1-3H3,(H,24,28). The molecule has 1 N–H and O–H groups in total. The summed E-state index contributed by atoms with van der Waals surface area (Å²) in [6.07, 6.45) is 0.991. The Morgan fingerprint density at radius 3 is 2.45 bits per heavy atom. The Balaban J connectivity index is 1.98. The minimum absolute atomic E-state index is 0.162. The number of nitrogens with zero attached hydrogens (tertiary/aromatic N) is 2. The first-order valence-electron chi connectivity index (χ1n) is 9.49. The van der Waals surface area contributed by atoms with Crippen molar-refractivity contribution < 1.29 is 22.4 Å². The van der Waals surface area contributed by atoms with Crippen molar-refractivity contribution in [2.24, 2.45) is 0 Å². The van der Waals surface area contributed by atoms with Gasteiger partial charge in [-0.1, -0.05) is 23.7 Å². The average molecular weight is 468 g/mol. The lowest BCUT2D eigenvalue weighted by Gasteiger charge is -2.46. The molecule has 0 radical (unpaired) electrons. The highest BCUT2D eigenvalue weighted by Crippen LogP contribution is 2.33. The molecule has 1 fully saturated rings. The van der Waals surface area contributed by atoms with Crippen LogP contribution in [0.15, 0.2) is 42.5 Å². The maximum absolute atomic E-state index is 13.6.